The molecular formula is C27H28F3N5O5S. The van der Waals surface area contributed by atoms with Crippen molar-refractivity contribution in [2.75, 3.05) is 17.2 Å². The zero-order valence-corrected chi connectivity index (χ0v) is 23.3. The second-order valence-electron chi connectivity index (χ2n) is 9.87. The molecule has 1 unspecified atom stereocenters. The highest BCUT2D eigenvalue weighted by molar-refractivity contribution is 7.91. The van der Waals surface area contributed by atoms with Crippen molar-refractivity contribution in [3.8, 4) is 0 Å². The molecule has 0 radical (unpaired) electrons. The van der Waals surface area contributed by atoms with Crippen molar-refractivity contribution in [2.45, 2.75) is 50.9 Å². The fraction of sp³-hybridized carbons (Fsp3) is 0.370. The van der Waals surface area contributed by atoms with Crippen LogP contribution in [0.3, 0.4) is 0 Å². The molecule has 1 aromatic carbocycles. The van der Waals surface area contributed by atoms with Gasteiger partial charge < -0.3 is 15.3 Å². The van der Waals surface area contributed by atoms with Crippen LogP contribution < -0.4 is 10.2 Å². The first-order chi connectivity index (χ1) is 19.2. The van der Waals surface area contributed by atoms with E-state index in [-0.39, 0.29) is 35.6 Å². The molecule has 218 valence electrons. The summed E-state index contributed by atoms with van der Waals surface area (Å²) in [6, 6.07) is 7.42. The van der Waals surface area contributed by atoms with Crippen LogP contribution in [0.5, 0.6) is 0 Å². The van der Waals surface area contributed by atoms with Crippen molar-refractivity contribution in [2.24, 2.45) is 5.92 Å². The van der Waals surface area contributed by atoms with Gasteiger partial charge in [-0.3, -0.25) is 9.78 Å². The van der Waals surface area contributed by atoms with Crippen LogP contribution >= 0.6 is 0 Å². The summed E-state index contributed by atoms with van der Waals surface area (Å²) in [6.45, 7) is 5.67. The number of nitrogens with one attached hydrogen (secondary N) is 1. The van der Waals surface area contributed by atoms with E-state index in [2.05, 4.69) is 20.3 Å². The number of carbonyl (C=O) groups excluding carboxylic acids is 1. The van der Waals surface area contributed by atoms with Crippen LogP contribution in [0, 0.1) is 5.92 Å². The molecule has 1 atom stereocenters. The van der Waals surface area contributed by atoms with Crippen LogP contribution in [0.1, 0.15) is 70.0 Å². The number of benzene rings is 1. The number of halogens is 3. The van der Waals surface area contributed by atoms with E-state index in [9.17, 15) is 31.2 Å². The van der Waals surface area contributed by atoms with Crippen LogP contribution in [0.2, 0.25) is 0 Å². The Balaban J connectivity index is 1.55. The second-order valence-corrected chi connectivity index (χ2v) is 12.1. The molecule has 0 saturated carbocycles. The van der Waals surface area contributed by atoms with Crippen LogP contribution in [-0.2, 0) is 29.0 Å². The summed E-state index contributed by atoms with van der Waals surface area (Å²) in [5.41, 5.74) is -0.233. The molecule has 0 saturated heterocycles. The van der Waals surface area contributed by atoms with E-state index in [1.54, 1.807) is 30.0 Å². The quantitative estimate of drug-likeness (QED) is 0.396. The Morgan fingerprint density at radius 1 is 1.15 bits per heavy atom. The van der Waals surface area contributed by atoms with E-state index in [0.717, 1.165) is 5.56 Å². The zero-order chi connectivity index (χ0) is 30.1. The average Bonchev–Trinajstić information content (AvgIpc) is 2.94. The fourth-order valence-electron chi connectivity index (χ4n) is 4.69. The SMILES string of the molecule is CCS(=O)(=O)c1ccc(CNC(=O)c2cnc3c(c2)CCN(c2ncc(C(=O)O)c(C(F)(F)F)n2)C3C(C)C)cc1. The number of fused-ring (bicyclic) bond motifs is 1. The standard InChI is InChI=1S/C27H28F3N5O5S/c1-4-41(39,40)19-7-5-16(6-8-19)12-32-24(36)18-11-17-9-10-35(22(15(2)3)21(17)31-13-18)26-33-14-20(25(37)38)23(34-26)27(28,29)30/h5-8,11,13-15,22H,4,9-10,12H2,1-3H3,(H,32,36)(H,37,38). The van der Waals surface area contributed by atoms with Crippen molar-refractivity contribution in [1.29, 1.82) is 0 Å². The Kier molecular flexibility index (Phi) is 8.34. The number of sulfone groups is 1. The minimum Gasteiger partial charge on any atom is -0.478 e. The first-order valence-electron chi connectivity index (χ1n) is 12.8. The van der Waals surface area contributed by atoms with Crippen LogP contribution in [0.15, 0.2) is 47.6 Å². The monoisotopic (exact) mass is 591 g/mol. The molecule has 4 rings (SSSR count). The van der Waals surface area contributed by atoms with E-state index < -0.39 is 45.2 Å². The van der Waals surface area contributed by atoms with Gasteiger partial charge in [0, 0.05) is 25.5 Å². The molecule has 10 nitrogen and oxygen atoms in total. The molecule has 3 heterocycles. The first-order valence-corrected chi connectivity index (χ1v) is 14.4. The maximum atomic E-state index is 13.6. The molecule has 0 spiro atoms. The number of carbonyl (C=O) groups is 2. The Morgan fingerprint density at radius 3 is 2.41 bits per heavy atom. The van der Waals surface area contributed by atoms with Gasteiger partial charge in [0.2, 0.25) is 5.95 Å². The largest absolute Gasteiger partial charge is 0.478 e. The molecule has 1 aliphatic heterocycles. The summed E-state index contributed by atoms with van der Waals surface area (Å²) in [5, 5.41) is 11.9. The van der Waals surface area contributed by atoms with Gasteiger partial charge in [-0.25, -0.2) is 23.2 Å². The number of nitrogens with zero attached hydrogens (tertiary/aromatic N) is 4. The maximum Gasteiger partial charge on any atom is 0.434 e. The van der Waals surface area contributed by atoms with E-state index in [1.165, 1.54) is 18.3 Å². The molecular weight excluding hydrogens is 563 g/mol. The van der Waals surface area contributed by atoms with Gasteiger partial charge in [0.15, 0.2) is 15.5 Å². The number of alkyl halides is 3. The Hall–Kier alpha value is -4.07. The van der Waals surface area contributed by atoms with E-state index in [0.29, 0.717) is 29.4 Å². The topological polar surface area (TPSA) is 142 Å². The minimum atomic E-state index is -4.98. The Labute approximate surface area is 234 Å². The molecule has 2 N–H and O–H groups in total. The van der Waals surface area contributed by atoms with Gasteiger partial charge in [-0.2, -0.15) is 13.2 Å². The third-order valence-electron chi connectivity index (χ3n) is 6.78. The maximum absolute atomic E-state index is 13.6. The number of aromatic carboxylic acids is 1. The second kappa shape index (κ2) is 11.4. The summed E-state index contributed by atoms with van der Waals surface area (Å²) in [7, 11) is -3.33. The number of aromatic nitrogens is 3. The lowest BCUT2D eigenvalue weighted by Gasteiger charge is -2.39. The van der Waals surface area contributed by atoms with E-state index in [4.69, 9.17) is 5.11 Å². The van der Waals surface area contributed by atoms with Gasteiger partial charge >= 0.3 is 12.1 Å². The van der Waals surface area contributed by atoms with Crippen LogP contribution in [0.4, 0.5) is 19.1 Å². The lowest BCUT2D eigenvalue weighted by Crippen LogP contribution is -2.40. The van der Waals surface area contributed by atoms with Crippen LogP contribution in [0.25, 0.3) is 0 Å². The molecule has 0 aliphatic carbocycles. The van der Waals surface area contributed by atoms with Crippen molar-refractivity contribution in [3.05, 3.63) is 76.4 Å². The van der Waals surface area contributed by atoms with Crippen LogP contribution in [-0.4, -0.2) is 52.7 Å². The molecule has 1 aliphatic rings. The number of carboxylic acid groups (broad SMARTS) is 1. The third kappa shape index (κ3) is 6.32. The first kappa shape index (κ1) is 29.9. The predicted molar refractivity (Wildman–Crippen MR) is 142 cm³/mol. The highest BCUT2D eigenvalue weighted by atomic mass is 32.2. The smallest absolute Gasteiger partial charge is 0.434 e. The number of anilines is 1. The molecule has 2 aromatic heterocycles. The van der Waals surface area contributed by atoms with E-state index >= 15 is 0 Å². The van der Waals surface area contributed by atoms with Crippen molar-refractivity contribution < 1.29 is 36.3 Å². The lowest BCUT2D eigenvalue weighted by atomic mass is 9.89. The molecule has 14 heteroatoms. The lowest BCUT2D eigenvalue weighted by molar-refractivity contribution is -0.141. The van der Waals surface area contributed by atoms with E-state index in [1.807, 2.05) is 13.8 Å². The van der Waals surface area contributed by atoms with Gasteiger partial charge in [0.25, 0.3) is 5.91 Å². The Morgan fingerprint density at radius 2 is 1.83 bits per heavy atom. The summed E-state index contributed by atoms with van der Waals surface area (Å²) < 4.78 is 64.7. The van der Waals surface area contributed by atoms with Gasteiger partial charge in [-0.05, 0) is 41.7 Å². The van der Waals surface area contributed by atoms with Gasteiger partial charge in [-0.1, -0.05) is 32.9 Å². The molecule has 0 bridgehead atoms. The third-order valence-corrected chi connectivity index (χ3v) is 8.53. The highest BCUT2D eigenvalue weighted by Crippen LogP contribution is 2.38. The zero-order valence-electron chi connectivity index (χ0n) is 22.4. The molecule has 3 aromatic rings. The summed E-state index contributed by atoms with van der Waals surface area (Å²) in [6.07, 6.45) is -2.59. The molecule has 41 heavy (non-hydrogen) atoms. The van der Waals surface area contributed by atoms with Gasteiger partial charge in [-0.15, -0.1) is 0 Å². The van der Waals surface area contributed by atoms with Gasteiger partial charge in [0.1, 0.15) is 5.56 Å². The number of carboxylic acids is 1. The van der Waals surface area contributed by atoms with Gasteiger partial charge in [0.05, 0.1) is 27.9 Å². The number of hydrogen-bond donors (Lipinski definition) is 2. The minimum absolute atomic E-state index is 0.0114. The molecule has 0 fully saturated rings. The Bertz CT molecular complexity index is 1580. The number of pyridine rings is 1. The van der Waals surface area contributed by atoms with Crippen molar-refractivity contribution >= 4 is 27.7 Å². The highest BCUT2D eigenvalue weighted by Gasteiger charge is 2.40. The fourth-order valence-corrected chi connectivity index (χ4v) is 5.57. The molecule has 1 amide bonds. The summed E-state index contributed by atoms with van der Waals surface area (Å²) >= 11 is 0. The summed E-state index contributed by atoms with van der Waals surface area (Å²) in [5.74, 6) is -2.58. The summed E-state index contributed by atoms with van der Waals surface area (Å²) in [4.78, 5) is 38.0. The number of hydrogen-bond acceptors (Lipinski definition) is 8. The normalized spacial score (nSPS) is 15.5. The number of amides is 1. The number of rotatable bonds is 8. The average molecular weight is 592 g/mol. The predicted octanol–water partition coefficient (Wildman–Crippen LogP) is 4.07. The van der Waals surface area contributed by atoms with Crippen molar-refractivity contribution in [3.63, 3.8) is 0 Å². The van der Waals surface area contributed by atoms with Crippen molar-refractivity contribution in [1.82, 2.24) is 20.3 Å².